The van der Waals surface area contributed by atoms with Crippen LogP contribution >= 0.6 is 11.8 Å². The van der Waals surface area contributed by atoms with E-state index in [0.29, 0.717) is 0 Å². The van der Waals surface area contributed by atoms with Gasteiger partial charge in [-0.1, -0.05) is 18.2 Å². The number of benzene rings is 1. The van der Waals surface area contributed by atoms with E-state index in [1.807, 2.05) is 42.2 Å². The molecule has 3 heteroatoms. The summed E-state index contributed by atoms with van der Waals surface area (Å²) in [5, 5.41) is 0.111. The Bertz CT molecular complexity index is 312. The molecule has 0 spiro atoms. The molecular weight excluding hydrogens is 182 g/mol. The minimum Gasteiger partial charge on any atom is -0.302 e. The zero-order chi connectivity index (χ0) is 9.26. The van der Waals surface area contributed by atoms with E-state index in [0.717, 1.165) is 11.6 Å². The highest BCUT2D eigenvalue weighted by Crippen LogP contribution is 2.28. The number of amides is 1. The number of para-hydroxylation sites is 1. The van der Waals surface area contributed by atoms with Crippen molar-refractivity contribution < 1.29 is 4.79 Å². The topological polar surface area (TPSA) is 20.3 Å². The van der Waals surface area contributed by atoms with E-state index in [1.54, 1.807) is 11.8 Å². The van der Waals surface area contributed by atoms with E-state index in [4.69, 9.17) is 0 Å². The van der Waals surface area contributed by atoms with Gasteiger partial charge in [0.15, 0.2) is 0 Å². The summed E-state index contributed by atoms with van der Waals surface area (Å²) in [4.78, 5) is 13.4. The number of carbonyl (C=O) groups excluding carboxylic acids is 1. The Labute approximate surface area is 81.9 Å². The van der Waals surface area contributed by atoms with Gasteiger partial charge < -0.3 is 4.90 Å². The molecule has 0 aromatic heterocycles. The highest BCUT2D eigenvalue weighted by molar-refractivity contribution is 8.01. The Morgan fingerprint density at radius 2 is 2.08 bits per heavy atom. The molecule has 0 radical (unpaired) electrons. The normalized spacial score (nSPS) is 22.4. The van der Waals surface area contributed by atoms with Gasteiger partial charge in [-0.25, -0.2) is 0 Å². The second-order valence-corrected chi connectivity index (χ2v) is 4.34. The average molecular weight is 193 g/mol. The summed E-state index contributed by atoms with van der Waals surface area (Å²) in [7, 11) is 0. The van der Waals surface area contributed by atoms with Gasteiger partial charge >= 0.3 is 0 Å². The van der Waals surface area contributed by atoms with E-state index in [2.05, 4.69) is 0 Å². The molecule has 1 atom stereocenters. The van der Waals surface area contributed by atoms with E-state index in [-0.39, 0.29) is 11.2 Å². The minimum absolute atomic E-state index is 0.111. The highest BCUT2D eigenvalue weighted by atomic mass is 32.2. The zero-order valence-electron chi connectivity index (χ0n) is 7.43. The summed E-state index contributed by atoms with van der Waals surface area (Å²) in [5.41, 5.74) is 1.00. The SMILES string of the molecule is CC1SCN(c2ccccc2)C1=O. The number of nitrogens with zero attached hydrogens (tertiary/aromatic N) is 1. The molecule has 1 aromatic rings. The zero-order valence-corrected chi connectivity index (χ0v) is 8.25. The summed E-state index contributed by atoms with van der Waals surface area (Å²) < 4.78 is 0. The van der Waals surface area contributed by atoms with Crippen molar-refractivity contribution in [1.82, 2.24) is 0 Å². The molecule has 1 fully saturated rings. The second kappa shape index (κ2) is 3.42. The van der Waals surface area contributed by atoms with Gasteiger partial charge in [0.1, 0.15) is 0 Å². The predicted molar refractivity (Wildman–Crippen MR) is 55.8 cm³/mol. The molecule has 0 bridgehead atoms. The molecule has 2 nitrogen and oxygen atoms in total. The van der Waals surface area contributed by atoms with Crippen LogP contribution < -0.4 is 4.90 Å². The van der Waals surface area contributed by atoms with Crippen LogP contribution in [-0.2, 0) is 4.79 Å². The monoisotopic (exact) mass is 193 g/mol. The summed E-state index contributed by atoms with van der Waals surface area (Å²) in [5.74, 6) is 1.00. The summed E-state index contributed by atoms with van der Waals surface area (Å²) in [6, 6.07) is 9.81. The third-order valence-corrected chi connectivity index (χ3v) is 3.24. The predicted octanol–water partition coefficient (Wildman–Crippen LogP) is 2.11. The average Bonchev–Trinajstić information content (AvgIpc) is 2.49. The van der Waals surface area contributed by atoms with Gasteiger partial charge in [0.2, 0.25) is 5.91 Å². The van der Waals surface area contributed by atoms with Gasteiger partial charge in [-0.05, 0) is 19.1 Å². The van der Waals surface area contributed by atoms with Crippen LogP contribution in [-0.4, -0.2) is 17.0 Å². The van der Waals surface area contributed by atoms with Crippen molar-refractivity contribution in [3.05, 3.63) is 30.3 Å². The molecule has 13 heavy (non-hydrogen) atoms. The molecule has 1 aliphatic heterocycles. The molecule has 1 heterocycles. The summed E-state index contributed by atoms with van der Waals surface area (Å²) in [6.45, 7) is 1.95. The molecule has 68 valence electrons. The van der Waals surface area contributed by atoms with Gasteiger partial charge in [-0.2, -0.15) is 0 Å². The van der Waals surface area contributed by atoms with Crippen LogP contribution in [0.1, 0.15) is 6.92 Å². The summed E-state index contributed by atoms with van der Waals surface area (Å²) >= 11 is 1.68. The van der Waals surface area contributed by atoms with Crippen molar-refractivity contribution >= 4 is 23.4 Å². The lowest BCUT2D eigenvalue weighted by Crippen LogP contribution is -2.27. The van der Waals surface area contributed by atoms with Gasteiger partial charge in [-0.3, -0.25) is 4.79 Å². The number of hydrogen-bond acceptors (Lipinski definition) is 2. The van der Waals surface area contributed by atoms with Crippen molar-refractivity contribution in [2.45, 2.75) is 12.2 Å². The second-order valence-electron chi connectivity index (χ2n) is 3.04. The van der Waals surface area contributed by atoms with Gasteiger partial charge in [0.05, 0.1) is 11.1 Å². The molecule has 1 saturated heterocycles. The molecule has 1 aromatic carbocycles. The summed E-state index contributed by atoms with van der Waals surface area (Å²) in [6.07, 6.45) is 0. The first-order valence-corrected chi connectivity index (χ1v) is 5.32. The maximum absolute atomic E-state index is 11.6. The van der Waals surface area contributed by atoms with Gasteiger partial charge in [0.25, 0.3) is 0 Å². The molecule has 1 aliphatic rings. The van der Waals surface area contributed by atoms with Crippen LogP contribution in [0.4, 0.5) is 5.69 Å². The van der Waals surface area contributed by atoms with Crippen molar-refractivity contribution in [2.75, 3.05) is 10.8 Å². The number of thioether (sulfide) groups is 1. The van der Waals surface area contributed by atoms with E-state index < -0.39 is 0 Å². The first-order chi connectivity index (χ1) is 6.29. The third-order valence-electron chi connectivity index (χ3n) is 2.14. The fourth-order valence-corrected chi connectivity index (χ4v) is 2.27. The van der Waals surface area contributed by atoms with Crippen molar-refractivity contribution in [1.29, 1.82) is 0 Å². The van der Waals surface area contributed by atoms with Crippen LogP contribution in [0.5, 0.6) is 0 Å². The van der Waals surface area contributed by atoms with Gasteiger partial charge in [0, 0.05) is 5.69 Å². The molecule has 0 aliphatic carbocycles. The number of carbonyl (C=O) groups is 1. The van der Waals surface area contributed by atoms with Crippen LogP contribution in [0.25, 0.3) is 0 Å². The Hall–Kier alpha value is -0.960. The van der Waals surface area contributed by atoms with Crippen LogP contribution in [0.2, 0.25) is 0 Å². The van der Waals surface area contributed by atoms with Crippen LogP contribution in [0.3, 0.4) is 0 Å². The molecule has 1 unspecified atom stereocenters. The van der Waals surface area contributed by atoms with E-state index in [9.17, 15) is 4.79 Å². The maximum atomic E-state index is 11.6. The van der Waals surface area contributed by atoms with E-state index in [1.165, 1.54) is 0 Å². The fraction of sp³-hybridized carbons (Fsp3) is 0.300. The van der Waals surface area contributed by atoms with Crippen molar-refractivity contribution in [3.8, 4) is 0 Å². The van der Waals surface area contributed by atoms with Gasteiger partial charge in [-0.15, -0.1) is 11.8 Å². The largest absolute Gasteiger partial charge is 0.302 e. The smallest absolute Gasteiger partial charge is 0.240 e. The van der Waals surface area contributed by atoms with Crippen molar-refractivity contribution in [2.24, 2.45) is 0 Å². The highest BCUT2D eigenvalue weighted by Gasteiger charge is 2.29. The fourth-order valence-electron chi connectivity index (χ4n) is 1.35. The Kier molecular flexibility index (Phi) is 2.27. The van der Waals surface area contributed by atoms with Crippen LogP contribution in [0.15, 0.2) is 30.3 Å². The minimum atomic E-state index is 0.111. The molecule has 2 rings (SSSR count). The third kappa shape index (κ3) is 1.56. The quantitative estimate of drug-likeness (QED) is 0.681. The Morgan fingerprint density at radius 3 is 2.62 bits per heavy atom. The molecular formula is C10H11NOS. The maximum Gasteiger partial charge on any atom is 0.240 e. The standard InChI is InChI=1S/C10H11NOS/c1-8-10(12)11(7-13-8)9-5-3-2-4-6-9/h2-6,8H,7H2,1H3. The molecule has 0 N–H and O–H groups in total. The van der Waals surface area contributed by atoms with E-state index >= 15 is 0 Å². The Balaban J connectivity index is 2.24. The Morgan fingerprint density at radius 1 is 1.38 bits per heavy atom. The molecule has 0 saturated carbocycles. The lowest BCUT2D eigenvalue weighted by Gasteiger charge is -2.14. The number of hydrogen-bond donors (Lipinski definition) is 0. The first-order valence-electron chi connectivity index (χ1n) is 4.27. The lowest BCUT2D eigenvalue weighted by atomic mass is 10.3. The van der Waals surface area contributed by atoms with Crippen molar-refractivity contribution in [3.63, 3.8) is 0 Å². The molecule has 1 amide bonds. The first kappa shape index (κ1) is 8.63. The lowest BCUT2D eigenvalue weighted by molar-refractivity contribution is -0.117. The van der Waals surface area contributed by atoms with Crippen LogP contribution in [0, 0.1) is 0 Å². The number of rotatable bonds is 1. The number of anilines is 1.